The normalized spacial score (nSPS) is 11.3. The highest BCUT2D eigenvalue weighted by molar-refractivity contribution is 7.09. The summed E-state index contributed by atoms with van der Waals surface area (Å²) in [7, 11) is 3.22. The second kappa shape index (κ2) is 6.89. The predicted molar refractivity (Wildman–Crippen MR) is 86.3 cm³/mol. The van der Waals surface area contributed by atoms with Crippen LogP contribution in [0.4, 0.5) is 0 Å². The molecule has 118 valence electrons. The number of methoxy groups -OCH3 is 2. The lowest BCUT2D eigenvalue weighted by Gasteiger charge is -2.28. The summed E-state index contributed by atoms with van der Waals surface area (Å²) in [6.07, 6.45) is 0. The van der Waals surface area contributed by atoms with Crippen LogP contribution >= 0.6 is 11.3 Å². The van der Waals surface area contributed by atoms with Crippen molar-refractivity contribution >= 4 is 17.2 Å². The Morgan fingerprint density at radius 3 is 2.73 bits per heavy atom. The SMILES string of the molecule is COCc1nc(C(=O)NC(C)(C)c2ccccc2OC)cs1. The maximum atomic E-state index is 12.4. The van der Waals surface area contributed by atoms with Crippen molar-refractivity contribution in [1.29, 1.82) is 0 Å². The van der Waals surface area contributed by atoms with Crippen molar-refractivity contribution in [2.45, 2.75) is 26.0 Å². The van der Waals surface area contributed by atoms with Crippen LogP contribution in [0.25, 0.3) is 0 Å². The molecule has 0 saturated heterocycles. The summed E-state index contributed by atoms with van der Waals surface area (Å²) < 4.78 is 10.4. The Kier molecular flexibility index (Phi) is 5.15. The Bertz CT molecular complexity index is 652. The van der Waals surface area contributed by atoms with E-state index < -0.39 is 5.54 Å². The van der Waals surface area contributed by atoms with Gasteiger partial charge in [0.2, 0.25) is 0 Å². The van der Waals surface area contributed by atoms with Gasteiger partial charge in [-0.2, -0.15) is 0 Å². The van der Waals surface area contributed by atoms with Crippen molar-refractivity contribution < 1.29 is 14.3 Å². The number of ether oxygens (including phenoxy) is 2. The first-order chi connectivity index (χ1) is 10.5. The average Bonchev–Trinajstić information content (AvgIpc) is 2.96. The van der Waals surface area contributed by atoms with Crippen LogP contribution in [0.5, 0.6) is 5.75 Å². The van der Waals surface area contributed by atoms with E-state index >= 15 is 0 Å². The third-order valence-electron chi connectivity index (χ3n) is 3.26. The Labute approximate surface area is 134 Å². The van der Waals surface area contributed by atoms with Crippen LogP contribution in [0.3, 0.4) is 0 Å². The molecule has 0 spiro atoms. The highest BCUT2D eigenvalue weighted by atomic mass is 32.1. The molecule has 0 aliphatic heterocycles. The molecule has 1 aromatic heterocycles. The van der Waals surface area contributed by atoms with E-state index in [1.807, 2.05) is 38.1 Å². The fourth-order valence-electron chi connectivity index (χ4n) is 2.18. The molecule has 5 nitrogen and oxygen atoms in total. The zero-order chi connectivity index (χ0) is 16.2. The first kappa shape index (κ1) is 16.5. The number of rotatable bonds is 6. The standard InChI is InChI=1S/C16H20N2O3S/c1-16(2,11-7-5-6-8-13(11)21-4)18-15(19)12-10-22-14(17-12)9-20-3/h5-8,10H,9H2,1-4H3,(H,18,19). The zero-order valence-electron chi connectivity index (χ0n) is 13.2. The number of carbonyl (C=O) groups is 1. The molecular formula is C16H20N2O3S. The molecule has 0 saturated carbocycles. The van der Waals surface area contributed by atoms with Crippen molar-refractivity contribution in [3.05, 3.63) is 45.9 Å². The minimum atomic E-state index is -0.575. The number of amides is 1. The molecule has 1 N–H and O–H groups in total. The summed E-state index contributed by atoms with van der Waals surface area (Å²) in [6.45, 7) is 4.28. The van der Waals surface area contributed by atoms with Crippen molar-refractivity contribution in [3.63, 3.8) is 0 Å². The first-order valence-electron chi connectivity index (χ1n) is 6.87. The van der Waals surface area contributed by atoms with Crippen molar-refractivity contribution in [1.82, 2.24) is 10.3 Å². The second-order valence-corrected chi connectivity index (χ2v) is 6.28. The lowest BCUT2D eigenvalue weighted by Crippen LogP contribution is -2.41. The molecule has 0 aliphatic rings. The monoisotopic (exact) mass is 320 g/mol. The number of para-hydroxylation sites is 1. The van der Waals surface area contributed by atoms with E-state index in [4.69, 9.17) is 9.47 Å². The lowest BCUT2D eigenvalue weighted by molar-refractivity contribution is 0.0906. The molecule has 0 unspecified atom stereocenters. The number of aromatic nitrogens is 1. The number of carbonyl (C=O) groups excluding carboxylic acids is 1. The summed E-state index contributed by atoms with van der Waals surface area (Å²) in [5.74, 6) is 0.528. The summed E-state index contributed by atoms with van der Waals surface area (Å²) in [6, 6.07) is 7.64. The minimum absolute atomic E-state index is 0.213. The fraction of sp³-hybridized carbons (Fsp3) is 0.375. The number of hydrogen-bond acceptors (Lipinski definition) is 5. The second-order valence-electron chi connectivity index (χ2n) is 5.34. The van der Waals surface area contributed by atoms with E-state index in [0.29, 0.717) is 12.3 Å². The van der Waals surface area contributed by atoms with Gasteiger partial charge in [0.25, 0.3) is 5.91 Å². The molecule has 1 aromatic carbocycles. The number of thiazole rings is 1. The van der Waals surface area contributed by atoms with Crippen LogP contribution in [-0.2, 0) is 16.9 Å². The number of benzene rings is 1. The van der Waals surface area contributed by atoms with E-state index in [1.165, 1.54) is 11.3 Å². The Morgan fingerprint density at radius 2 is 2.05 bits per heavy atom. The van der Waals surface area contributed by atoms with Gasteiger partial charge in [-0.3, -0.25) is 4.79 Å². The maximum Gasteiger partial charge on any atom is 0.271 e. The van der Waals surface area contributed by atoms with Gasteiger partial charge in [-0.25, -0.2) is 4.98 Å². The molecule has 2 rings (SSSR count). The third-order valence-corrected chi connectivity index (χ3v) is 4.08. The van der Waals surface area contributed by atoms with Crippen LogP contribution < -0.4 is 10.1 Å². The van der Waals surface area contributed by atoms with Gasteiger partial charge in [0.05, 0.1) is 19.3 Å². The van der Waals surface area contributed by atoms with Crippen LogP contribution in [0.1, 0.15) is 34.9 Å². The van der Waals surface area contributed by atoms with Crippen LogP contribution in [0.15, 0.2) is 29.6 Å². The Balaban J connectivity index is 2.18. The molecule has 22 heavy (non-hydrogen) atoms. The Hall–Kier alpha value is -1.92. The van der Waals surface area contributed by atoms with Crippen molar-refractivity contribution in [2.75, 3.05) is 14.2 Å². The van der Waals surface area contributed by atoms with Gasteiger partial charge in [-0.1, -0.05) is 18.2 Å². The van der Waals surface area contributed by atoms with E-state index in [2.05, 4.69) is 10.3 Å². The lowest BCUT2D eigenvalue weighted by atomic mass is 9.93. The Morgan fingerprint density at radius 1 is 1.32 bits per heavy atom. The molecule has 1 heterocycles. The molecular weight excluding hydrogens is 300 g/mol. The molecule has 0 radical (unpaired) electrons. The van der Waals surface area contributed by atoms with Gasteiger partial charge in [-0.05, 0) is 19.9 Å². The van der Waals surface area contributed by atoms with Crippen LogP contribution in [0, 0.1) is 0 Å². The molecule has 0 bridgehead atoms. The molecule has 1 amide bonds. The van der Waals surface area contributed by atoms with E-state index in [-0.39, 0.29) is 5.91 Å². The summed E-state index contributed by atoms with van der Waals surface area (Å²) >= 11 is 1.41. The number of nitrogens with one attached hydrogen (secondary N) is 1. The van der Waals surface area contributed by atoms with Crippen molar-refractivity contribution in [2.24, 2.45) is 0 Å². The largest absolute Gasteiger partial charge is 0.496 e. The maximum absolute atomic E-state index is 12.4. The highest BCUT2D eigenvalue weighted by Crippen LogP contribution is 2.29. The summed E-state index contributed by atoms with van der Waals surface area (Å²) in [4.78, 5) is 16.7. The topological polar surface area (TPSA) is 60.5 Å². The number of nitrogens with zero attached hydrogens (tertiary/aromatic N) is 1. The molecule has 2 aromatic rings. The van der Waals surface area contributed by atoms with E-state index in [9.17, 15) is 4.79 Å². The van der Waals surface area contributed by atoms with Crippen LogP contribution in [-0.4, -0.2) is 25.1 Å². The van der Waals surface area contributed by atoms with Gasteiger partial charge in [0, 0.05) is 18.1 Å². The van der Waals surface area contributed by atoms with E-state index in [0.717, 1.165) is 16.3 Å². The van der Waals surface area contributed by atoms with Gasteiger partial charge >= 0.3 is 0 Å². The zero-order valence-corrected chi connectivity index (χ0v) is 14.0. The summed E-state index contributed by atoms with van der Waals surface area (Å²) in [5.41, 5.74) is 0.743. The molecule has 0 fully saturated rings. The minimum Gasteiger partial charge on any atom is -0.496 e. The van der Waals surface area contributed by atoms with Gasteiger partial charge in [0.1, 0.15) is 16.5 Å². The van der Waals surface area contributed by atoms with Crippen molar-refractivity contribution in [3.8, 4) is 5.75 Å². The highest BCUT2D eigenvalue weighted by Gasteiger charge is 2.27. The predicted octanol–water partition coefficient (Wildman–Crippen LogP) is 2.96. The van der Waals surface area contributed by atoms with Gasteiger partial charge < -0.3 is 14.8 Å². The van der Waals surface area contributed by atoms with E-state index in [1.54, 1.807) is 19.6 Å². The smallest absolute Gasteiger partial charge is 0.271 e. The van der Waals surface area contributed by atoms with Gasteiger partial charge in [0.15, 0.2) is 0 Å². The average molecular weight is 320 g/mol. The molecule has 0 atom stereocenters. The van der Waals surface area contributed by atoms with Gasteiger partial charge in [-0.15, -0.1) is 11.3 Å². The molecule has 6 heteroatoms. The number of hydrogen-bond donors (Lipinski definition) is 1. The summed E-state index contributed by atoms with van der Waals surface area (Å²) in [5, 5.41) is 5.52. The molecule has 0 aliphatic carbocycles. The fourth-order valence-corrected chi connectivity index (χ4v) is 2.93. The third kappa shape index (κ3) is 3.64. The first-order valence-corrected chi connectivity index (χ1v) is 7.75. The quantitative estimate of drug-likeness (QED) is 0.889. The van der Waals surface area contributed by atoms with Crippen LogP contribution in [0.2, 0.25) is 0 Å².